The molecule has 18 nitrogen and oxygen atoms in total. The largest absolute Gasteiger partial charge is 0.494 e. The smallest absolute Gasteiger partial charge is 0.343 e. The normalized spacial score (nSPS) is 11.5. The van der Waals surface area contributed by atoms with Crippen LogP contribution in [0.15, 0.2) is 243 Å². The Balaban J connectivity index is 0.740. The number of esters is 4. The highest BCUT2D eigenvalue weighted by Crippen LogP contribution is 2.58. The molecule has 0 spiro atoms. The number of benzene rings is 13. The van der Waals surface area contributed by atoms with Crippen molar-refractivity contribution in [2.75, 3.05) is 26.4 Å². The van der Waals surface area contributed by atoms with Gasteiger partial charge in [0, 0.05) is 89.4 Å². The number of hydrogen-bond donors (Lipinski definition) is 0. The number of unbranched alkanes of at least 4 members (excludes halogenated alkanes) is 36. The van der Waals surface area contributed by atoms with Crippen LogP contribution in [-0.2, 0) is 0 Å². The summed E-state index contributed by atoms with van der Waals surface area (Å²) in [5, 5.41) is 8.35. The molecule has 0 atom stereocenters. The van der Waals surface area contributed by atoms with Crippen LogP contribution in [0.2, 0.25) is 0 Å². The monoisotopic (exact) mass is 1910 g/mol. The van der Waals surface area contributed by atoms with Crippen LogP contribution in [0.3, 0.4) is 0 Å². The average Bonchev–Trinajstić information content (AvgIpc) is 0.678. The zero-order chi connectivity index (χ0) is 98.1. The lowest BCUT2D eigenvalue weighted by molar-refractivity contribution is 0.0725. The minimum absolute atomic E-state index is 0.294. The zero-order valence-electron chi connectivity index (χ0n) is 83.6. The van der Waals surface area contributed by atoms with Gasteiger partial charge in [0.2, 0.25) is 0 Å². The molecule has 0 bridgehead atoms. The Labute approximate surface area is 837 Å². The molecule has 0 N–H and O–H groups in total. The summed E-state index contributed by atoms with van der Waals surface area (Å²) in [6, 6.07) is 63.7. The third-order valence-corrected chi connectivity index (χ3v) is 26.6. The van der Waals surface area contributed by atoms with Crippen LogP contribution in [0, 0.1) is 0 Å². The molecule has 742 valence electrons. The van der Waals surface area contributed by atoms with Gasteiger partial charge in [0.05, 0.1) is 48.7 Å². The second-order valence-corrected chi connectivity index (χ2v) is 37.7. The second-order valence-electron chi connectivity index (χ2n) is 37.7. The maximum Gasteiger partial charge on any atom is 0.343 e. The van der Waals surface area contributed by atoms with E-state index in [1.54, 1.807) is 219 Å². The minimum atomic E-state index is -0.536. The van der Waals surface area contributed by atoms with Crippen molar-refractivity contribution in [3.8, 4) is 92.0 Å². The molecular weight excluding hydrogens is 1770 g/mol. The van der Waals surface area contributed by atoms with E-state index in [9.17, 15) is 19.2 Å². The Morgan fingerprint density at radius 2 is 0.345 bits per heavy atom. The molecule has 0 amide bonds. The Morgan fingerprint density at radius 1 is 0.183 bits per heavy atom. The van der Waals surface area contributed by atoms with E-state index < -0.39 is 23.9 Å². The first-order valence-electron chi connectivity index (χ1n) is 52.9. The highest BCUT2D eigenvalue weighted by atomic mass is 16.6. The lowest BCUT2D eigenvalue weighted by Gasteiger charge is -2.25. The highest BCUT2D eigenvalue weighted by Gasteiger charge is 2.31. The lowest BCUT2D eigenvalue weighted by atomic mass is 9.84. The van der Waals surface area contributed by atoms with Gasteiger partial charge < -0.3 is 56.8 Å². The number of carbonyl (C=O) groups is 4. The average molecular weight is 1910 g/mol. The first-order chi connectivity index (χ1) is 69.9. The Morgan fingerprint density at radius 3 is 0.528 bits per heavy atom. The molecule has 0 aliphatic rings. The second kappa shape index (κ2) is 55.1. The van der Waals surface area contributed by atoms with Crippen LogP contribution in [0.4, 0.5) is 0 Å². The number of pyridine rings is 2. The number of aromatic nitrogens is 2. The van der Waals surface area contributed by atoms with Gasteiger partial charge in [-0.15, -0.1) is 0 Å². The molecule has 0 aliphatic carbocycles. The van der Waals surface area contributed by atoms with Crippen LogP contribution in [0.25, 0.3) is 64.6 Å². The van der Waals surface area contributed by atoms with Gasteiger partial charge in [-0.1, -0.05) is 259 Å². The van der Waals surface area contributed by atoms with E-state index in [-0.39, 0.29) is 0 Å². The molecule has 18 heteroatoms. The van der Waals surface area contributed by atoms with E-state index >= 15 is 0 Å². The molecule has 0 fully saturated rings. The summed E-state index contributed by atoms with van der Waals surface area (Å²) in [6.07, 6.45) is 56.7. The molecule has 142 heavy (non-hydrogen) atoms. The van der Waals surface area contributed by atoms with Gasteiger partial charge in [0.15, 0.2) is 0 Å². The summed E-state index contributed by atoms with van der Waals surface area (Å²) >= 11 is 0. The van der Waals surface area contributed by atoms with E-state index in [1.165, 1.54) is 205 Å². The number of carbonyl (C=O) groups excluding carboxylic acids is 4. The Kier molecular flexibility index (Phi) is 39.9. The van der Waals surface area contributed by atoms with Crippen LogP contribution in [0.5, 0.6) is 92.0 Å². The van der Waals surface area contributed by atoms with E-state index in [4.69, 9.17) is 66.8 Å². The minimum Gasteiger partial charge on any atom is -0.494 e. The molecule has 0 unspecified atom stereocenters. The molecule has 13 aromatic carbocycles. The Hall–Kier alpha value is -13.5. The number of rotatable bonds is 64. The van der Waals surface area contributed by atoms with Crippen molar-refractivity contribution >= 4 is 88.5 Å². The van der Waals surface area contributed by atoms with Gasteiger partial charge >= 0.3 is 23.9 Å². The first kappa shape index (κ1) is 103. The molecule has 0 saturated heterocycles. The SMILES string of the molecule is CCCCCCCCCCCCOc1ccc(C(=O)Oc2ccc(Oc3cc4cncc5cc(Oc6ccc(OC(=O)c7ccc(OCCCCCCCCCCCC)cc7)cc6)c6c7c(Oc8ccc(OC(=O)c9ccc(OCCCCCCCCCCCC)cc9)cc8)cc8cncc9cc(Oc%10ccc(OC(=O)c%11ccc(OCCCCCCCCCCCC)cc%11)cc%10)c(c3c6c45)c7c98)cc2)cc1. The van der Waals surface area contributed by atoms with Crippen molar-refractivity contribution in [2.45, 2.75) is 285 Å². The van der Waals surface area contributed by atoms with E-state index in [0.29, 0.717) is 173 Å². The topological polar surface area (TPSA) is 205 Å². The van der Waals surface area contributed by atoms with Crippen molar-refractivity contribution < 1.29 is 76.0 Å². The highest BCUT2D eigenvalue weighted by molar-refractivity contribution is 6.43. The molecule has 0 aliphatic heterocycles. The van der Waals surface area contributed by atoms with E-state index in [1.807, 2.05) is 24.3 Å². The summed E-state index contributed by atoms with van der Waals surface area (Å²) in [5.41, 5.74) is 1.47. The molecule has 2 heterocycles. The number of nitrogens with zero attached hydrogens (tertiary/aromatic N) is 2. The third-order valence-electron chi connectivity index (χ3n) is 26.6. The van der Waals surface area contributed by atoms with Gasteiger partial charge in [0.25, 0.3) is 0 Å². The van der Waals surface area contributed by atoms with Gasteiger partial charge in [0.1, 0.15) is 92.0 Å². The molecule has 0 radical (unpaired) electrons. The van der Waals surface area contributed by atoms with Crippen molar-refractivity contribution in [1.29, 1.82) is 0 Å². The van der Waals surface area contributed by atoms with Crippen molar-refractivity contribution in [2.24, 2.45) is 0 Å². The fraction of sp³-hybridized carbons (Fsp3) is 0.387. The summed E-state index contributed by atoms with van der Waals surface area (Å²) in [7, 11) is 0. The molecule has 15 rings (SSSR count). The molecule has 0 saturated carbocycles. The molecule has 15 aromatic rings. The first-order valence-corrected chi connectivity index (χ1v) is 52.9. The maximum atomic E-state index is 13.9. The van der Waals surface area contributed by atoms with Gasteiger partial charge in [-0.2, -0.15) is 0 Å². The number of hydrogen-bond acceptors (Lipinski definition) is 18. The van der Waals surface area contributed by atoms with Gasteiger partial charge in [-0.3, -0.25) is 9.97 Å². The van der Waals surface area contributed by atoms with Crippen LogP contribution < -0.4 is 56.8 Å². The van der Waals surface area contributed by atoms with Gasteiger partial charge in [-0.25, -0.2) is 19.2 Å². The van der Waals surface area contributed by atoms with Crippen LogP contribution in [0.1, 0.15) is 326 Å². The summed E-state index contributed by atoms with van der Waals surface area (Å²) in [4.78, 5) is 65.5. The quantitative estimate of drug-likeness (QED) is 0.0114. The maximum absolute atomic E-state index is 13.9. The van der Waals surface area contributed by atoms with Crippen LogP contribution >= 0.6 is 0 Å². The summed E-state index contributed by atoms with van der Waals surface area (Å²) < 4.78 is 77.9. The summed E-state index contributed by atoms with van der Waals surface area (Å²) in [5.74, 6) is 5.01. The Bertz CT molecular complexity index is 5640. The number of ether oxygens (including phenoxy) is 12. The van der Waals surface area contributed by atoms with Crippen molar-refractivity contribution in [3.05, 3.63) is 265 Å². The fourth-order valence-corrected chi connectivity index (χ4v) is 18.8. The van der Waals surface area contributed by atoms with Gasteiger partial charge in [-0.05, 0) is 244 Å². The summed E-state index contributed by atoms with van der Waals surface area (Å²) in [6.45, 7) is 11.4. The van der Waals surface area contributed by atoms with Crippen LogP contribution in [-0.4, -0.2) is 60.3 Å². The van der Waals surface area contributed by atoms with E-state index in [0.717, 1.165) is 83.7 Å². The molecular formula is C124H140N2O16. The predicted molar refractivity (Wildman–Crippen MR) is 570 cm³/mol. The van der Waals surface area contributed by atoms with Crippen molar-refractivity contribution in [1.82, 2.24) is 9.97 Å². The standard InChI is InChI=1S/C124H140N2O16/c1-5-9-13-17-21-25-29-33-37-41-77-131-97-53-45-89(46-54-97)121(127)139-105-69-61-101(62-70-105)135-109-81-93-85-125-86-94-83-111(137-103-65-73-107(74-66-103)141-123(129)91-49-57-99(58-50-91)133-79-43-39-35-31-27-23-19-15-11-7-3)117-118-112(138-104-67-75-108(76-68-104)142-124(130)92-51-59-100(60-52-92)134-80-44-40-36-32-28-24-20-16-12-8-4)84-96-88-126-87-95-82-110(116(120(118)114(95)96)115(109)119(117)113(93)94)136-102-63-71-106(72-64-102)140-122(128)90-47-55-98(56-48-90)132-78-42-38-34-30-26-22-18-14-10-6-2/h45-76,81-88H,5-44,77-80H2,1-4H3. The predicted octanol–water partition coefficient (Wildman–Crippen LogP) is 35.5. The fourth-order valence-electron chi connectivity index (χ4n) is 18.8. The van der Waals surface area contributed by atoms with Crippen molar-refractivity contribution in [3.63, 3.8) is 0 Å². The van der Waals surface area contributed by atoms with E-state index in [2.05, 4.69) is 27.7 Å². The molecule has 2 aromatic heterocycles. The third kappa shape index (κ3) is 29.8. The lowest BCUT2D eigenvalue weighted by Crippen LogP contribution is -2.08. The number of fused-ring (bicyclic) bond motifs is 2. The zero-order valence-corrected chi connectivity index (χ0v) is 83.6.